The van der Waals surface area contributed by atoms with Gasteiger partial charge in [-0.15, -0.1) is 0 Å². The van der Waals surface area contributed by atoms with Crippen LogP contribution in [0.25, 0.3) is 0 Å². The van der Waals surface area contributed by atoms with E-state index in [9.17, 15) is 8.42 Å². The number of benzene rings is 1. The Morgan fingerprint density at radius 1 is 1.46 bits per heavy atom. The van der Waals surface area contributed by atoms with Crippen LogP contribution in [-0.4, -0.2) is 57.0 Å². The molecule has 0 spiro atoms. The number of nitrogens with zero attached hydrogens (tertiary/aromatic N) is 2. The molecular formula is C16H24BrN3O3S. The highest BCUT2D eigenvalue weighted by Gasteiger charge is 2.40. The van der Waals surface area contributed by atoms with Crippen LogP contribution in [0.3, 0.4) is 0 Å². The van der Waals surface area contributed by atoms with Crippen LogP contribution in [0.1, 0.15) is 19.4 Å². The molecule has 0 unspecified atom stereocenters. The number of hydrogen-bond donors (Lipinski definition) is 1. The van der Waals surface area contributed by atoms with Crippen molar-refractivity contribution in [2.24, 2.45) is 4.99 Å². The minimum Gasteiger partial charge on any atom is -0.496 e. The van der Waals surface area contributed by atoms with E-state index in [4.69, 9.17) is 4.74 Å². The van der Waals surface area contributed by atoms with Crippen molar-refractivity contribution in [3.05, 3.63) is 28.2 Å². The lowest BCUT2D eigenvalue weighted by Crippen LogP contribution is -2.57. The molecule has 1 aromatic carbocycles. The van der Waals surface area contributed by atoms with E-state index >= 15 is 0 Å². The second kappa shape index (κ2) is 7.31. The third-order valence-electron chi connectivity index (χ3n) is 4.22. The predicted octanol–water partition coefficient (Wildman–Crippen LogP) is 2.04. The minimum absolute atomic E-state index is 0.148. The maximum atomic E-state index is 12.1. The molecule has 1 aliphatic heterocycles. The fourth-order valence-electron chi connectivity index (χ4n) is 2.66. The van der Waals surface area contributed by atoms with Crippen molar-refractivity contribution in [1.82, 2.24) is 10.2 Å². The number of methoxy groups -OCH3 is 1. The van der Waals surface area contributed by atoms with Gasteiger partial charge < -0.3 is 15.0 Å². The number of rotatable bonds is 3. The van der Waals surface area contributed by atoms with Crippen molar-refractivity contribution in [2.45, 2.75) is 25.1 Å². The number of guanidine groups is 1. The largest absolute Gasteiger partial charge is 0.496 e. The number of ether oxygens (including phenoxy) is 1. The van der Waals surface area contributed by atoms with Crippen molar-refractivity contribution < 1.29 is 13.2 Å². The highest BCUT2D eigenvalue weighted by atomic mass is 79.9. The first-order valence-corrected chi connectivity index (χ1v) is 10.1. The summed E-state index contributed by atoms with van der Waals surface area (Å²) in [6.07, 6.45) is 0. The van der Waals surface area contributed by atoms with Crippen LogP contribution in [0.5, 0.6) is 5.75 Å². The molecule has 0 aromatic heterocycles. The summed E-state index contributed by atoms with van der Waals surface area (Å²) in [7, 11) is 0.281. The van der Waals surface area contributed by atoms with Gasteiger partial charge in [0.05, 0.1) is 22.1 Å². The molecule has 0 bridgehead atoms. The monoisotopic (exact) mass is 417 g/mol. The molecular weight excluding hydrogens is 394 g/mol. The van der Waals surface area contributed by atoms with Crippen LogP contribution in [0.4, 0.5) is 0 Å². The Balaban J connectivity index is 2.05. The summed E-state index contributed by atoms with van der Waals surface area (Å²) in [4.78, 5) is 6.30. The summed E-state index contributed by atoms with van der Waals surface area (Å²) in [5.74, 6) is 1.64. The van der Waals surface area contributed by atoms with Crippen LogP contribution < -0.4 is 10.1 Å². The number of halogens is 1. The fourth-order valence-corrected chi connectivity index (χ4v) is 4.61. The molecule has 1 aliphatic rings. The Bertz CT molecular complexity index is 732. The molecule has 8 heteroatoms. The van der Waals surface area contributed by atoms with Crippen LogP contribution in [0.2, 0.25) is 0 Å². The van der Waals surface area contributed by atoms with E-state index in [2.05, 4.69) is 26.2 Å². The second-order valence-electron chi connectivity index (χ2n) is 6.37. The van der Waals surface area contributed by atoms with Gasteiger partial charge >= 0.3 is 0 Å². The Hall–Kier alpha value is -1.28. The third kappa shape index (κ3) is 4.03. The van der Waals surface area contributed by atoms with Gasteiger partial charge in [-0.2, -0.15) is 0 Å². The van der Waals surface area contributed by atoms with Crippen LogP contribution in [-0.2, 0) is 16.4 Å². The van der Waals surface area contributed by atoms with E-state index in [0.29, 0.717) is 25.6 Å². The highest BCUT2D eigenvalue weighted by molar-refractivity contribution is 9.10. The molecule has 1 heterocycles. The predicted molar refractivity (Wildman–Crippen MR) is 100 cm³/mol. The van der Waals surface area contributed by atoms with Gasteiger partial charge in [-0.1, -0.05) is 6.07 Å². The Labute approximate surface area is 152 Å². The zero-order valence-corrected chi connectivity index (χ0v) is 16.9. The van der Waals surface area contributed by atoms with Gasteiger partial charge in [-0.3, -0.25) is 4.99 Å². The summed E-state index contributed by atoms with van der Waals surface area (Å²) in [5, 5.41) is 3.30. The summed E-state index contributed by atoms with van der Waals surface area (Å²) < 4.78 is 29.6. The van der Waals surface area contributed by atoms with Crippen molar-refractivity contribution in [2.75, 3.05) is 33.0 Å². The second-order valence-corrected chi connectivity index (χ2v) is 9.97. The molecule has 1 saturated heterocycles. The van der Waals surface area contributed by atoms with E-state index in [0.717, 1.165) is 15.8 Å². The molecule has 6 nitrogen and oxygen atoms in total. The maximum absolute atomic E-state index is 12.1. The normalized spacial score (nSPS) is 19.9. The fraction of sp³-hybridized carbons (Fsp3) is 0.562. The SMILES string of the molecule is CN=C(NCc1ccc(OC)c(Br)c1)N1CCS(=O)(=O)C(C)(C)C1. The molecule has 24 heavy (non-hydrogen) atoms. The topological polar surface area (TPSA) is 71.0 Å². The summed E-state index contributed by atoms with van der Waals surface area (Å²) in [6.45, 7) is 5.02. The molecule has 1 aromatic rings. The Morgan fingerprint density at radius 2 is 2.17 bits per heavy atom. The number of hydrogen-bond acceptors (Lipinski definition) is 4. The summed E-state index contributed by atoms with van der Waals surface area (Å²) in [6, 6.07) is 5.87. The lowest BCUT2D eigenvalue weighted by molar-refractivity contribution is 0.353. The molecule has 0 saturated carbocycles. The lowest BCUT2D eigenvalue weighted by Gasteiger charge is -2.39. The van der Waals surface area contributed by atoms with Crippen LogP contribution >= 0.6 is 15.9 Å². The Kier molecular flexibility index (Phi) is 5.80. The van der Waals surface area contributed by atoms with Gasteiger partial charge in [0.1, 0.15) is 5.75 Å². The number of aliphatic imine (C=N–C) groups is 1. The van der Waals surface area contributed by atoms with Crippen molar-refractivity contribution >= 4 is 31.7 Å². The quantitative estimate of drug-likeness (QED) is 0.601. The van der Waals surface area contributed by atoms with Gasteiger partial charge in [-0.25, -0.2) is 8.42 Å². The first-order valence-electron chi connectivity index (χ1n) is 7.70. The zero-order chi connectivity index (χ0) is 18.0. The van der Waals surface area contributed by atoms with E-state index < -0.39 is 14.6 Å². The van der Waals surface area contributed by atoms with Gasteiger partial charge in [0.2, 0.25) is 0 Å². The van der Waals surface area contributed by atoms with Crippen molar-refractivity contribution in [3.63, 3.8) is 0 Å². The molecule has 2 rings (SSSR count). The van der Waals surface area contributed by atoms with Gasteiger partial charge in [-0.05, 0) is 47.5 Å². The average molecular weight is 418 g/mol. The first kappa shape index (κ1) is 19.1. The highest BCUT2D eigenvalue weighted by Crippen LogP contribution is 2.26. The molecule has 1 fully saturated rings. The average Bonchev–Trinajstić information content (AvgIpc) is 2.51. The maximum Gasteiger partial charge on any atom is 0.193 e. The molecule has 0 radical (unpaired) electrons. The molecule has 134 valence electrons. The van der Waals surface area contributed by atoms with Gasteiger partial charge in [0.15, 0.2) is 15.8 Å². The summed E-state index contributed by atoms with van der Waals surface area (Å²) in [5.41, 5.74) is 1.08. The summed E-state index contributed by atoms with van der Waals surface area (Å²) >= 11 is 3.48. The van der Waals surface area contributed by atoms with Crippen molar-refractivity contribution in [3.8, 4) is 5.75 Å². The third-order valence-corrected chi connectivity index (χ3v) is 7.37. The van der Waals surface area contributed by atoms with Crippen molar-refractivity contribution in [1.29, 1.82) is 0 Å². The van der Waals surface area contributed by atoms with Crippen LogP contribution in [0, 0.1) is 0 Å². The van der Waals surface area contributed by atoms with E-state index in [1.165, 1.54) is 0 Å². The Morgan fingerprint density at radius 3 is 2.71 bits per heavy atom. The standard InChI is InChI=1S/C16H24BrN3O3S/c1-16(2)11-20(7-8-24(16,21)22)15(18-3)19-10-12-5-6-14(23-4)13(17)9-12/h5-6,9H,7-8,10-11H2,1-4H3,(H,18,19). The molecule has 0 atom stereocenters. The van der Waals surface area contributed by atoms with E-state index in [-0.39, 0.29) is 5.75 Å². The van der Waals surface area contributed by atoms with E-state index in [1.807, 2.05) is 23.1 Å². The number of sulfone groups is 1. The smallest absolute Gasteiger partial charge is 0.193 e. The van der Waals surface area contributed by atoms with Crippen LogP contribution in [0.15, 0.2) is 27.7 Å². The first-order chi connectivity index (χ1) is 11.2. The molecule has 1 N–H and O–H groups in total. The van der Waals surface area contributed by atoms with Gasteiger partial charge in [0, 0.05) is 26.7 Å². The van der Waals surface area contributed by atoms with E-state index in [1.54, 1.807) is 28.0 Å². The molecule has 0 aliphatic carbocycles. The lowest BCUT2D eigenvalue weighted by atomic mass is 10.2. The van der Waals surface area contributed by atoms with Gasteiger partial charge in [0.25, 0.3) is 0 Å². The molecule has 0 amide bonds. The minimum atomic E-state index is -3.06. The zero-order valence-electron chi connectivity index (χ0n) is 14.5. The number of nitrogens with one attached hydrogen (secondary N) is 1.